The van der Waals surface area contributed by atoms with Crippen molar-refractivity contribution in [3.63, 3.8) is 0 Å². The molecular formula is C31H31F5N2O4. The molecule has 1 amide bonds. The summed E-state index contributed by atoms with van der Waals surface area (Å²) in [6.07, 6.45) is 2.20. The Hall–Kier alpha value is -3.38. The summed E-state index contributed by atoms with van der Waals surface area (Å²) in [6, 6.07) is 13.6. The minimum Gasteiger partial charge on any atom is -0.392 e. The summed E-state index contributed by atoms with van der Waals surface area (Å²) in [6.45, 7) is 4.71. The van der Waals surface area contributed by atoms with Crippen molar-refractivity contribution in [2.75, 3.05) is 25.0 Å². The van der Waals surface area contributed by atoms with Gasteiger partial charge in [0.1, 0.15) is 5.56 Å². The number of carbonyl (C=O) groups excluding carboxylic acids is 1. The lowest BCUT2D eigenvalue weighted by Crippen LogP contribution is -2.45. The van der Waals surface area contributed by atoms with Crippen LogP contribution < -0.4 is 5.32 Å². The number of piperidine rings is 1. The van der Waals surface area contributed by atoms with Crippen molar-refractivity contribution >= 4 is 11.6 Å². The minimum atomic E-state index is -2.34. The average Bonchev–Trinajstić information content (AvgIpc) is 3.01. The van der Waals surface area contributed by atoms with Gasteiger partial charge in [-0.2, -0.15) is 0 Å². The van der Waals surface area contributed by atoms with Gasteiger partial charge in [0.15, 0.2) is 29.6 Å². The van der Waals surface area contributed by atoms with Gasteiger partial charge in [0, 0.05) is 23.7 Å². The Labute approximate surface area is 240 Å². The van der Waals surface area contributed by atoms with Crippen LogP contribution >= 0.6 is 0 Å². The lowest BCUT2D eigenvalue weighted by molar-refractivity contribution is -0.276. The van der Waals surface area contributed by atoms with Gasteiger partial charge in [0.25, 0.3) is 5.91 Å². The van der Waals surface area contributed by atoms with Crippen molar-refractivity contribution in [3.05, 3.63) is 99.9 Å². The predicted octanol–water partition coefficient (Wildman–Crippen LogP) is 6.40. The molecule has 2 heterocycles. The number of benzene rings is 3. The molecular weight excluding hydrogens is 559 g/mol. The largest absolute Gasteiger partial charge is 0.392 e. The molecule has 224 valence electrons. The topological polar surface area (TPSA) is 71.0 Å². The number of carbonyl (C=O) groups is 1. The van der Waals surface area contributed by atoms with Crippen LogP contribution in [0.15, 0.2) is 48.5 Å². The number of likely N-dealkylation sites (tertiary alicyclic amines) is 1. The fourth-order valence-corrected chi connectivity index (χ4v) is 5.45. The second-order valence-corrected chi connectivity index (χ2v) is 10.7. The van der Waals surface area contributed by atoms with Gasteiger partial charge in [0.05, 0.1) is 18.8 Å². The molecule has 0 aliphatic carbocycles. The Bertz CT molecular complexity index is 1390. The highest BCUT2D eigenvalue weighted by Gasteiger charge is 2.39. The molecule has 0 saturated carbocycles. The normalized spacial score (nSPS) is 23.1. The van der Waals surface area contributed by atoms with Crippen molar-refractivity contribution in [2.24, 2.45) is 5.92 Å². The third kappa shape index (κ3) is 6.19. The quantitative estimate of drug-likeness (QED) is 0.189. The first-order chi connectivity index (χ1) is 20.2. The summed E-state index contributed by atoms with van der Waals surface area (Å²) in [5.41, 5.74) is 0.820. The van der Waals surface area contributed by atoms with E-state index in [9.17, 15) is 31.9 Å². The van der Waals surface area contributed by atoms with Gasteiger partial charge in [-0.1, -0.05) is 49.7 Å². The number of ether oxygens (including phenoxy) is 2. The second kappa shape index (κ2) is 12.9. The van der Waals surface area contributed by atoms with Crippen molar-refractivity contribution < 1.29 is 41.3 Å². The smallest absolute Gasteiger partial charge is 0.261 e. The zero-order valence-electron chi connectivity index (χ0n) is 22.9. The van der Waals surface area contributed by atoms with E-state index < -0.39 is 46.8 Å². The molecule has 0 bridgehead atoms. The van der Waals surface area contributed by atoms with E-state index in [2.05, 4.69) is 17.1 Å². The molecule has 2 fully saturated rings. The van der Waals surface area contributed by atoms with Gasteiger partial charge in [0.2, 0.25) is 5.82 Å². The molecule has 2 aliphatic heterocycles. The van der Waals surface area contributed by atoms with Crippen LogP contribution in [-0.4, -0.2) is 41.7 Å². The highest BCUT2D eigenvalue weighted by atomic mass is 19.2. The van der Waals surface area contributed by atoms with E-state index in [1.165, 1.54) is 18.6 Å². The van der Waals surface area contributed by atoms with E-state index in [1.807, 2.05) is 24.3 Å². The molecule has 42 heavy (non-hydrogen) atoms. The molecule has 0 radical (unpaired) electrons. The Kier molecular flexibility index (Phi) is 9.22. The summed E-state index contributed by atoms with van der Waals surface area (Å²) in [7, 11) is 0. The third-order valence-electron chi connectivity index (χ3n) is 7.89. The van der Waals surface area contributed by atoms with Crippen LogP contribution in [0, 0.1) is 35.0 Å². The number of nitrogens with one attached hydrogen (secondary N) is 1. The van der Waals surface area contributed by atoms with E-state index in [0.717, 1.165) is 43.6 Å². The molecule has 5 rings (SSSR count). The van der Waals surface area contributed by atoms with Crippen LogP contribution in [0.4, 0.5) is 27.6 Å². The molecule has 3 aromatic rings. The van der Waals surface area contributed by atoms with Gasteiger partial charge >= 0.3 is 0 Å². The number of aliphatic hydroxyl groups excluding tert-OH is 1. The summed E-state index contributed by atoms with van der Waals surface area (Å²) in [4.78, 5) is 14.8. The zero-order valence-corrected chi connectivity index (χ0v) is 22.9. The molecule has 3 aromatic carbocycles. The summed E-state index contributed by atoms with van der Waals surface area (Å²) >= 11 is 0. The number of anilines is 1. The van der Waals surface area contributed by atoms with E-state index in [1.54, 1.807) is 12.1 Å². The molecule has 0 aromatic heterocycles. The van der Waals surface area contributed by atoms with E-state index in [-0.39, 0.29) is 30.4 Å². The number of nitrogens with zero attached hydrogens (tertiary/aromatic N) is 1. The molecule has 6 nitrogen and oxygen atoms in total. The highest BCUT2D eigenvalue weighted by molar-refractivity contribution is 6.04. The van der Waals surface area contributed by atoms with Crippen LogP contribution in [0.3, 0.4) is 0 Å². The Morgan fingerprint density at radius 1 is 0.833 bits per heavy atom. The van der Waals surface area contributed by atoms with Gasteiger partial charge < -0.3 is 24.8 Å². The number of amides is 1. The maximum absolute atomic E-state index is 14.1. The van der Waals surface area contributed by atoms with Crippen molar-refractivity contribution in [3.8, 4) is 0 Å². The van der Waals surface area contributed by atoms with Crippen molar-refractivity contribution in [1.29, 1.82) is 0 Å². The number of halogens is 5. The molecule has 11 heteroatoms. The van der Waals surface area contributed by atoms with Gasteiger partial charge in [-0.25, -0.2) is 22.0 Å². The Balaban J connectivity index is 1.36. The summed E-state index contributed by atoms with van der Waals surface area (Å²) in [5.74, 6) is -12.6. The van der Waals surface area contributed by atoms with E-state index in [4.69, 9.17) is 9.47 Å². The van der Waals surface area contributed by atoms with E-state index >= 15 is 0 Å². The Morgan fingerprint density at radius 2 is 1.40 bits per heavy atom. The zero-order chi connectivity index (χ0) is 30.0. The SMILES string of the molecule is C[C@@H]1[C@H](CN2CCCCC2)O[C@H](c2ccc(NC(=O)c3c(F)c(F)c(F)c(F)c3F)cc2)O[C@@H]1c1ccc(CO)cc1. The van der Waals surface area contributed by atoms with Crippen molar-refractivity contribution in [2.45, 2.75) is 51.3 Å². The summed E-state index contributed by atoms with van der Waals surface area (Å²) < 4.78 is 81.5. The van der Waals surface area contributed by atoms with Gasteiger partial charge in [-0.15, -0.1) is 0 Å². The van der Waals surface area contributed by atoms with Crippen LogP contribution in [0.1, 0.15) is 65.6 Å². The van der Waals surface area contributed by atoms with Gasteiger partial charge in [-0.3, -0.25) is 4.79 Å². The Morgan fingerprint density at radius 3 is 2.00 bits per heavy atom. The first-order valence-electron chi connectivity index (χ1n) is 13.8. The van der Waals surface area contributed by atoms with Crippen molar-refractivity contribution in [1.82, 2.24) is 4.90 Å². The fraction of sp³-hybridized carbons (Fsp3) is 0.387. The number of hydrogen-bond donors (Lipinski definition) is 2. The first kappa shape index (κ1) is 30.1. The maximum Gasteiger partial charge on any atom is 0.261 e. The number of rotatable bonds is 7. The summed E-state index contributed by atoms with van der Waals surface area (Å²) in [5, 5.41) is 11.6. The molecule has 2 saturated heterocycles. The number of hydrogen-bond acceptors (Lipinski definition) is 5. The van der Waals surface area contributed by atoms with Crippen LogP contribution in [0.5, 0.6) is 0 Å². The van der Waals surface area contributed by atoms with Crippen LogP contribution in [0.2, 0.25) is 0 Å². The first-order valence-corrected chi connectivity index (χ1v) is 13.8. The third-order valence-corrected chi connectivity index (χ3v) is 7.89. The van der Waals surface area contributed by atoms with Crippen LogP contribution in [-0.2, 0) is 16.1 Å². The predicted molar refractivity (Wildman–Crippen MR) is 144 cm³/mol. The second-order valence-electron chi connectivity index (χ2n) is 10.7. The lowest BCUT2D eigenvalue weighted by atomic mass is 9.89. The van der Waals surface area contributed by atoms with Crippen LogP contribution in [0.25, 0.3) is 0 Å². The molecule has 2 aliphatic rings. The maximum atomic E-state index is 14.1. The number of aliphatic hydroxyl groups is 1. The fourth-order valence-electron chi connectivity index (χ4n) is 5.45. The standard InChI is InChI=1S/C31H31F5N2O4/c1-17-22(15-38-13-3-2-4-14-38)41-31(42-29(17)19-7-5-18(16-39)6-8-19)20-9-11-21(12-10-20)37-30(40)23-24(32)26(34)28(36)27(35)25(23)33/h5-12,17,22,29,31,39H,2-4,13-16H2,1H3,(H,37,40)/t17-,22+,29+,31+/m1/s1. The molecule has 4 atom stereocenters. The molecule has 0 spiro atoms. The minimum absolute atomic E-state index is 0.00278. The lowest BCUT2D eigenvalue weighted by Gasteiger charge is -2.43. The van der Waals surface area contributed by atoms with Gasteiger partial charge in [-0.05, 0) is 49.2 Å². The molecule has 0 unspecified atom stereocenters. The molecule has 2 N–H and O–H groups in total. The monoisotopic (exact) mass is 590 g/mol. The average molecular weight is 591 g/mol. The highest BCUT2D eigenvalue weighted by Crippen LogP contribution is 2.42. The van der Waals surface area contributed by atoms with E-state index in [0.29, 0.717) is 5.56 Å².